The molecule has 1 heterocycles. The van der Waals surface area contributed by atoms with Gasteiger partial charge in [-0.3, -0.25) is 0 Å². The van der Waals surface area contributed by atoms with Crippen LogP contribution in [0.15, 0.2) is 12.1 Å². The summed E-state index contributed by atoms with van der Waals surface area (Å²) in [6.07, 6.45) is 0. The molecule has 100 valence electrons. The van der Waals surface area contributed by atoms with Gasteiger partial charge in [0.05, 0.1) is 0 Å². The van der Waals surface area contributed by atoms with E-state index in [-0.39, 0.29) is 12.5 Å². The van der Waals surface area contributed by atoms with Crippen LogP contribution in [-0.2, 0) is 6.54 Å². The Balaban J connectivity index is 1.86. The van der Waals surface area contributed by atoms with Gasteiger partial charge in [-0.2, -0.15) is 0 Å². The lowest BCUT2D eigenvalue weighted by molar-refractivity contribution is 0.174. The number of phenolic OH excluding ortho intramolecular Hbond substituents is 1. The van der Waals surface area contributed by atoms with Crippen LogP contribution >= 0.6 is 0 Å². The van der Waals surface area contributed by atoms with Gasteiger partial charge in [-0.1, -0.05) is 6.92 Å². The van der Waals surface area contributed by atoms with Gasteiger partial charge in [0.2, 0.25) is 6.79 Å². The van der Waals surface area contributed by atoms with Gasteiger partial charge >= 0.3 is 0 Å². The van der Waals surface area contributed by atoms with Crippen LogP contribution in [0.4, 0.5) is 0 Å². The van der Waals surface area contributed by atoms with Crippen LogP contribution < -0.4 is 14.8 Å². The van der Waals surface area contributed by atoms with Crippen LogP contribution in [0.3, 0.4) is 0 Å². The van der Waals surface area contributed by atoms with E-state index in [1.54, 1.807) is 6.07 Å². The minimum absolute atomic E-state index is 0.229. The Kier molecular flexibility index (Phi) is 4.28. The SMILES string of the molecule is CCN(C)CCNCc1cc2c(cc1O)OCO2. The molecule has 0 aliphatic carbocycles. The molecule has 1 aromatic carbocycles. The lowest BCUT2D eigenvalue weighted by atomic mass is 10.1. The van der Waals surface area contributed by atoms with E-state index >= 15 is 0 Å². The quantitative estimate of drug-likeness (QED) is 0.744. The van der Waals surface area contributed by atoms with E-state index < -0.39 is 0 Å². The molecule has 0 radical (unpaired) electrons. The van der Waals surface area contributed by atoms with E-state index in [0.29, 0.717) is 18.0 Å². The molecule has 0 spiro atoms. The lowest BCUT2D eigenvalue weighted by Crippen LogP contribution is -2.28. The Morgan fingerprint density at radius 1 is 1.33 bits per heavy atom. The van der Waals surface area contributed by atoms with Crippen LogP contribution in [0.1, 0.15) is 12.5 Å². The summed E-state index contributed by atoms with van der Waals surface area (Å²) in [5.74, 6) is 1.56. The molecule has 0 fully saturated rings. The molecule has 5 nitrogen and oxygen atoms in total. The molecule has 0 unspecified atom stereocenters. The first-order chi connectivity index (χ1) is 8.70. The third-order valence-electron chi connectivity index (χ3n) is 3.10. The number of hydrogen-bond donors (Lipinski definition) is 2. The van der Waals surface area contributed by atoms with E-state index in [4.69, 9.17) is 9.47 Å². The molecule has 18 heavy (non-hydrogen) atoms. The molecule has 0 bridgehead atoms. The second kappa shape index (κ2) is 5.93. The number of phenols is 1. The van der Waals surface area contributed by atoms with Crippen LogP contribution in [0.25, 0.3) is 0 Å². The fraction of sp³-hybridized carbons (Fsp3) is 0.538. The first kappa shape index (κ1) is 13.0. The summed E-state index contributed by atoms with van der Waals surface area (Å²) in [6, 6.07) is 3.44. The smallest absolute Gasteiger partial charge is 0.231 e. The second-order valence-electron chi connectivity index (χ2n) is 4.41. The Morgan fingerprint density at radius 3 is 2.78 bits per heavy atom. The molecular formula is C13H20N2O3. The molecule has 0 atom stereocenters. The number of rotatable bonds is 6. The highest BCUT2D eigenvalue weighted by Gasteiger charge is 2.16. The van der Waals surface area contributed by atoms with Gasteiger partial charge in [-0.05, 0) is 19.7 Å². The third-order valence-corrected chi connectivity index (χ3v) is 3.10. The zero-order chi connectivity index (χ0) is 13.0. The largest absolute Gasteiger partial charge is 0.507 e. The monoisotopic (exact) mass is 252 g/mol. The Labute approximate surface area is 107 Å². The van der Waals surface area contributed by atoms with Crippen LogP contribution in [0, 0.1) is 0 Å². The normalized spacial score (nSPS) is 13.3. The molecule has 0 amide bonds. The number of fused-ring (bicyclic) bond motifs is 1. The van der Waals surface area contributed by atoms with Crippen molar-refractivity contribution in [2.24, 2.45) is 0 Å². The van der Waals surface area contributed by atoms with Crippen molar-refractivity contribution < 1.29 is 14.6 Å². The fourth-order valence-corrected chi connectivity index (χ4v) is 1.77. The molecule has 1 aliphatic heterocycles. The maximum atomic E-state index is 9.84. The van der Waals surface area contributed by atoms with Crippen LogP contribution in [0.5, 0.6) is 17.2 Å². The van der Waals surface area contributed by atoms with Crippen molar-refractivity contribution in [1.82, 2.24) is 10.2 Å². The summed E-state index contributed by atoms with van der Waals surface area (Å²) in [5, 5.41) is 13.1. The number of ether oxygens (including phenoxy) is 2. The predicted molar refractivity (Wildman–Crippen MR) is 69.1 cm³/mol. The molecule has 1 aliphatic rings. The highest BCUT2D eigenvalue weighted by Crippen LogP contribution is 2.37. The predicted octanol–water partition coefficient (Wildman–Crippen LogP) is 1.16. The first-order valence-corrected chi connectivity index (χ1v) is 6.21. The number of nitrogens with zero attached hydrogens (tertiary/aromatic N) is 1. The maximum absolute atomic E-state index is 9.84. The minimum atomic E-state index is 0.229. The Bertz CT molecular complexity index is 409. The molecule has 2 rings (SSSR count). The maximum Gasteiger partial charge on any atom is 0.231 e. The van der Waals surface area contributed by atoms with Gasteiger partial charge in [-0.15, -0.1) is 0 Å². The first-order valence-electron chi connectivity index (χ1n) is 6.21. The van der Waals surface area contributed by atoms with Gasteiger partial charge < -0.3 is 24.8 Å². The number of hydrogen-bond acceptors (Lipinski definition) is 5. The van der Waals surface area contributed by atoms with Gasteiger partial charge in [-0.25, -0.2) is 0 Å². The van der Waals surface area contributed by atoms with Gasteiger partial charge in [0, 0.05) is 31.3 Å². The molecular weight excluding hydrogens is 232 g/mol. The average molecular weight is 252 g/mol. The fourth-order valence-electron chi connectivity index (χ4n) is 1.77. The topological polar surface area (TPSA) is 54.0 Å². The average Bonchev–Trinajstić information content (AvgIpc) is 2.81. The Hall–Kier alpha value is -1.46. The number of benzene rings is 1. The zero-order valence-corrected chi connectivity index (χ0v) is 10.9. The van der Waals surface area contributed by atoms with Gasteiger partial charge in [0.1, 0.15) is 5.75 Å². The molecule has 5 heteroatoms. The van der Waals surface area contributed by atoms with Crippen molar-refractivity contribution in [3.05, 3.63) is 17.7 Å². The van der Waals surface area contributed by atoms with Crippen molar-refractivity contribution in [2.75, 3.05) is 33.5 Å². The minimum Gasteiger partial charge on any atom is -0.507 e. The summed E-state index contributed by atoms with van der Waals surface area (Å²) in [4.78, 5) is 2.23. The van der Waals surface area contributed by atoms with E-state index in [1.165, 1.54) is 0 Å². The van der Waals surface area contributed by atoms with Crippen LogP contribution in [-0.4, -0.2) is 43.5 Å². The summed E-state index contributed by atoms with van der Waals surface area (Å²) in [6.45, 7) is 5.90. The van der Waals surface area contributed by atoms with Gasteiger partial charge in [0.15, 0.2) is 11.5 Å². The molecule has 0 saturated carbocycles. The summed E-state index contributed by atoms with van der Waals surface area (Å²) < 4.78 is 10.5. The van der Waals surface area contributed by atoms with E-state index in [9.17, 15) is 5.11 Å². The molecule has 0 saturated heterocycles. The summed E-state index contributed by atoms with van der Waals surface area (Å²) >= 11 is 0. The van der Waals surface area contributed by atoms with Crippen molar-refractivity contribution >= 4 is 0 Å². The van der Waals surface area contributed by atoms with E-state index in [2.05, 4.69) is 24.2 Å². The van der Waals surface area contributed by atoms with Crippen molar-refractivity contribution in [1.29, 1.82) is 0 Å². The second-order valence-corrected chi connectivity index (χ2v) is 4.41. The highest BCUT2D eigenvalue weighted by molar-refractivity contribution is 5.51. The number of aromatic hydroxyl groups is 1. The lowest BCUT2D eigenvalue weighted by Gasteiger charge is -2.14. The van der Waals surface area contributed by atoms with Gasteiger partial charge in [0.25, 0.3) is 0 Å². The zero-order valence-electron chi connectivity index (χ0n) is 10.9. The standard InChI is InChI=1S/C13H20N2O3/c1-3-15(2)5-4-14-8-10-6-12-13(7-11(10)16)18-9-17-12/h6-7,14,16H,3-5,8-9H2,1-2H3. The van der Waals surface area contributed by atoms with E-state index in [0.717, 1.165) is 25.2 Å². The number of nitrogens with one attached hydrogen (secondary N) is 1. The van der Waals surface area contributed by atoms with Crippen molar-refractivity contribution in [3.63, 3.8) is 0 Å². The van der Waals surface area contributed by atoms with Crippen LogP contribution in [0.2, 0.25) is 0 Å². The summed E-state index contributed by atoms with van der Waals surface area (Å²) in [7, 11) is 2.08. The summed E-state index contributed by atoms with van der Waals surface area (Å²) in [5.41, 5.74) is 0.832. The molecule has 0 aromatic heterocycles. The highest BCUT2D eigenvalue weighted by atomic mass is 16.7. The van der Waals surface area contributed by atoms with Crippen molar-refractivity contribution in [3.8, 4) is 17.2 Å². The Morgan fingerprint density at radius 2 is 2.06 bits per heavy atom. The third kappa shape index (κ3) is 3.05. The molecule has 1 aromatic rings. The number of likely N-dealkylation sites (N-methyl/N-ethyl adjacent to an activating group) is 1. The van der Waals surface area contributed by atoms with Crippen molar-refractivity contribution in [2.45, 2.75) is 13.5 Å². The van der Waals surface area contributed by atoms with E-state index in [1.807, 2.05) is 6.07 Å². The molecule has 2 N–H and O–H groups in total.